The number of thiophene rings is 1. The molecule has 1 saturated heterocycles. The van der Waals surface area contributed by atoms with Crippen molar-refractivity contribution in [1.29, 1.82) is 0 Å². The SMILES string of the molecule is COc1ccc(-c2cc3nc(CNC4CCC(=O)NC4(C)C)[nH]c(=O)c3s2)cc1.O=C(O)C(F)(F)F. The van der Waals surface area contributed by atoms with Crippen LogP contribution in [0.2, 0.25) is 0 Å². The monoisotopic (exact) mass is 526 g/mol. The molecule has 13 heteroatoms. The van der Waals surface area contributed by atoms with E-state index in [2.05, 4.69) is 20.6 Å². The number of fused-ring (bicyclic) bond motifs is 1. The molecule has 3 heterocycles. The normalized spacial score (nSPS) is 17.2. The molecule has 1 aliphatic heterocycles. The molecule has 194 valence electrons. The largest absolute Gasteiger partial charge is 0.497 e. The minimum atomic E-state index is -5.08. The Bertz CT molecular complexity index is 1300. The van der Waals surface area contributed by atoms with Gasteiger partial charge in [0.05, 0.1) is 19.2 Å². The van der Waals surface area contributed by atoms with Gasteiger partial charge in [-0.15, -0.1) is 11.3 Å². The van der Waals surface area contributed by atoms with Crippen molar-refractivity contribution in [3.8, 4) is 16.2 Å². The van der Waals surface area contributed by atoms with Crippen LogP contribution in [-0.4, -0.2) is 51.8 Å². The number of hydrogen-bond donors (Lipinski definition) is 4. The smallest absolute Gasteiger partial charge is 0.490 e. The summed E-state index contributed by atoms with van der Waals surface area (Å²) in [6, 6.07) is 9.80. The van der Waals surface area contributed by atoms with Crippen molar-refractivity contribution in [3.05, 3.63) is 46.5 Å². The maximum Gasteiger partial charge on any atom is 0.490 e. The highest BCUT2D eigenvalue weighted by atomic mass is 32.1. The summed E-state index contributed by atoms with van der Waals surface area (Å²) in [7, 11) is 1.63. The highest BCUT2D eigenvalue weighted by Crippen LogP contribution is 2.32. The van der Waals surface area contributed by atoms with Crippen molar-refractivity contribution in [1.82, 2.24) is 20.6 Å². The van der Waals surface area contributed by atoms with Crippen LogP contribution in [0.5, 0.6) is 5.75 Å². The summed E-state index contributed by atoms with van der Waals surface area (Å²) in [6.07, 6.45) is -3.83. The number of amides is 1. The number of methoxy groups -OCH3 is 1. The van der Waals surface area contributed by atoms with Gasteiger partial charge < -0.3 is 25.5 Å². The van der Waals surface area contributed by atoms with Gasteiger partial charge >= 0.3 is 12.1 Å². The van der Waals surface area contributed by atoms with E-state index in [4.69, 9.17) is 14.6 Å². The van der Waals surface area contributed by atoms with E-state index in [1.165, 1.54) is 11.3 Å². The molecule has 1 unspecified atom stereocenters. The van der Waals surface area contributed by atoms with E-state index in [0.717, 1.165) is 22.6 Å². The number of hydrogen-bond acceptors (Lipinski definition) is 7. The number of rotatable bonds is 5. The summed E-state index contributed by atoms with van der Waals surface area (Å²) in [6.45, 7) is 4.44. The van der Waals surface area contributed by atoms with Crippen molar-refractivity contribution < 1.29 is 32.6 Å². The van der Waals surface area contributed by atoms with E-state index >= 15 is 0 Å². The van der Waals surface area contributed by atoms with Gasteiger partial charge in [-0.3, -0.25) is 9.59 Å². The third-order valence-corrected chi connectivity index (χ3v) is 6.73. The fourth-order valence-corrected chi connectivity index (χ4v) is 4.69. The molecule has 0 aliphatic carbocycles. The number of benzene rings is 1. The summed E-state index contributed by atoms with van der Waals surface area (Å²) in [5.74, 6) is -1.30. The molecule has 0 bridgehead atoms. The minimum absolute atomic E-state index is 0.0744. The van der Waals surface area contributed by atoms with Gasteiger partial charge in [-0.1, -0.05) is 0 Å². The number of ether oxygens (including phenoxy) is 1. The lowest BCUT2D eigenvalue weighted by Crippen LogP contribution is -2.60. The molecule has 36 heavy (non-hydrogen) atoms. The molecule has 1 amide bonds. The number of halogens is 3. The maximum atomic E-state index is 12.6. The van der Waals surface area contributed by atoms with Crippen molar-refractivity contribution >= 4 is 33.4 Å². The molecule has 2 aromatic heterocycles. The number of carboxylic acid groups (broad SMARTS) is 1. The molecule has 1 fully saturated rings. The fourth-order valence-electron chi connectivity index (χ4n) is 3.69. The number of carboxylic acids is 1. The topological polar surface area (TPSA) is 133 Å². The molecule has 3 aromatic rings. The van der Waals surface area contributed by atoms with Crippen molar-refractivity contribution in [2.24, 2.45) is 0 Å². The van der Waals surface area contributed by atoms with Crippen LogP contribution in [0.25, 0.3) is 20.7 Å². The maximum absolute atomic E-state index is 12.6. The lowest BCUT2D eigenvalue weighted by atomic mass is 9.87. The third kappa shape index (κ3) is 6.61. The van der Waals surface area contributed by atoms with Gasteiger partial charge in [0, 0.05) is 22.9 Å². The van der Waals surface area contributed by atoms with E-state index in [1.807, 2.05) is 44.2 Å². The van der Waals surface area contributed by atoms with Gasteiger partial charge in [-0.2, -0.15) is 13.2 Å². The second kappa shape index (κ2) is 10.7. The van der Waals surface area contributed by atoms with E-state index < -0.39 is 12.1 Å². The zero-order chi connectivity index (χ0) is 26.7. The molecule has 0 radical (unpaired) electrons. The number of H-pyrrole nitrogens is 1. The first-order valence-corrected chi connectivity index (χ1v) is 11.6. The molecule has 0 saturated carbocycles. The van der Waals surface area contributed by atoms with Crippen molar-refractivity contribution in [3.63, 3.8) is 0 Å². The average molecular weight is 527 g/mol. The molecule has 1 aromatic carbocycles. The summed E-state index contributed by atoms with van der Waals surface area (Å²) in [5.41, 5.74) is 1.24. The van der Waals surface area contributed by atoms with E-state index in [0.29, 0.717) is 29.0 Å². The molecular formula is C23H25F3N4O5S. The Hall–Kier alpha value is -3.45. The molecule has 1 aliphatic rings. The standard InChI is InChI=1S/C21H24N4O3S.C2HF3O2/c1-21(2)16(8-9-18(26)25-21)22-11-17-23-14-10-15(29-19(14)20(27)24-17)12-4-6-13(28-3)7-5-12;3-2(4,5)1(6)7/h4-7,10,16,22H,8-9,11H2,1-3H3,(H,25,26)(H,23,24,27);(H,6,7). The summed E-state index contributed by atoms with van der Waals surface area (Å²) < 4.78 is 37.6. The number of alkyl halides is 3. The number of aromatic amines is 1. The van der Waals surface area contributed by atoms with E-state index in [-0.39, 0.29) is 23.0 Å². The number of nitrogens with one attached hydrogen (secondary N) is 3. The van der Waals surface area contributed by atoms with Gasteiger partial charge in [0.1, 0.15) is 16.3 Å². The van der Waals surface area contributed by atoms with Crippen LogP contribution >= 0.6 is 11.3 Å². The summed E-state index contributed by atoms with van der Waals surface area (Å²) in [5, 5.41) is 13.6. The number of nitrogens with zero attached hydrogens (tertiary/aromatic N) is 1. The molecule has 1 atom stereocenters. The first-order valence-electron chi connectivity index (χ1n) is 10.8. The predicted molar refractivity (Wildman–Crippen MR) is 128 cm³/mol. The number of piperidine rings is 1. The fraction of sp³-hybridized carbons (Fsp3) is 0.391. The van der Waals surface area contributed by atoms with Crippen LogP contribution < -0.4 is 20.9 Å². The van der Waals surface area contributed by atoms with Crippen LogP contribution in [0.1, 0.15) is 32.5 Å². The summed E-state index contributed by atoms with van der Waals surface area (Å²) >= 11 is 1.43. The first kappa shape index (κ1) is 27.1. The molecule has 4 N–H and O–H groups in total. The second-order valence-corrected chi connectivity index (χ2v) is 9.66. The van der Waals surface area contributed by atoms with Crippen LogP contribution in [-0.2, 0) is 16.1 Å². The zero-order valence-corrected chi connectivity index (χ0v) is 20.5. The lowest BCUT2D eigenvalue weighted by molar-refractivity contribution is -0.192. The Labute approximate surface area is 207 Å². The van der Waals surface area contributed by atoms with Gasteiger partial charge in [0.25, 0.3) is 5.56 Å². The van der Waals surface area contributed by atoms with E-state index in [1.54, 1.807) is 7.11 Å². The Balaban J connectivity index is 0.000000454. The van der Waals surface area contributed by atoms with Crippen LogP contribution in [0.15, 0.2) is 35.1 Å². The lowest BCUT2D eigenvalue weighted by Gasteiger charge is -2.39. The molecule has 0 spiro atoms. The van der Waals surface area contributed by atoms with Crippen LogP contribution in [0.3, 0.4) is 0 Å². The number of aliphatic carboxylic acids is 1. The predicted octanol–water partition coefficient (Wildman–Crippen LogP) is 3.44. The Morgan fingerprint density at radius 2 is 1.92 bits per heavy atom. The van der Waals surface area contributed by atoms with Gasteiger partial charge in [-0.25, -0.2) is 9.78 Å². The highest BCUT2D eigenvalue weighted by molar-refractivity contribution is 7.22. The quantitative estimate of drug-likeness (QED) is 0.400. The van der Waals surface area contributed by atoms with Crippen molar-refractivity contribution in [2.45, 2.75) is 51.0 Å². The molecule has 4 rings (SSSR count). The minimum Gasteiger partial charge on any atom is -0.497 e. The van der Waals surface area contributed by atoms with Crippen LogP contribution in [0.4, 0.5) is 13.2 Å². The zero-order valence-electron chi connectivity index (χ0n) is 19.7. The van der Waals surface area contributed by atoms with Crippen molar-refractivity contribution in [2.75, 3.05) is 7.11 Å². The van der Waals surface area contributed by atoms with E-state index in [9.17, 15) is 22.8 Å². The molecule has 9 nitrogen and oxygen atoms in total. The van der Waals surface area contributed by atoms with Crippen LogP contribution in [0, 0.1) is 0 Å². The number of carbonyl (C=O) groups is 2. The Morgan fingerprint density at radius 3 is 2.47 bits per heavy atom. The number of carbonyl (C=O) groups excluding carboxylic acids is 1. The number of aromatic nitrogens is 2. The highest BCUT2D eigenvalue weighted by Gasteiger charge is 2.38. The first-order chi connectivity index (χ1) is 16.8. The second-order valence-electron chi connectivity index (χ2n) is 8.61. The third-order valence-electron chi connectivity index (χ3n) is 5.56. The van der Waals surface area contributed by atoms with Gasteiger partial charge in [0.2, 0.25) is 5.91 Å². The Kier molecular flexibility index (Phi) is 8.04. The van der Waals surface area contributed by atoms with Gasteiger partial charge in [-0.05, 0) is 56.2 Å². The average Bonchev–Trinajstić information content (AvgIpc) is 3.22. The Morgan fingerprint density at radius 1 is 1.28 bits per heavy atom. The van der Waals surface area contributed by atoms with Gasteiger partial charge in [0.15, 0.2) is 0 Å². The molecular weight excluding hydrogens is 501 g/mol. The summed E-state index contributed by atoms with van der Waals surface area (Å²) in [4.78, 5) is 41.6.